The van der Waals surface area contributed by atoms with Crippen LogP contribution in [0.3, 0.4) is 0 Å². The number of nitrogens with two attached hydrogens (primary N) is 1. The van der Waals surface area contributed by atoms with Crippen LogP contribution in [-0.4, -0.2) is 23.8 Å². The molecule has 3 rings (SSSR count). The Hall–Kier alpha value is -2.08. The van der Waals surface area contributed by atoms with Crippen molar-refractivity contribution in [2.45, 2.75) is 38.6 Å². The van der Waals surface area contributed by atoms with Crippen molar-refractivity contribution < 1.29 is 0 Å². The molecule has 23 heavy (non-hydrogen) atoms. The number of hydrogen-bond acceptors (Lipinski definition) is 6. The van der Waals surface area contributed by atoms with Crippen LogP contribution in [0.15, 0.2) is 28.7 Å². The van der Waals surface area contributed by atoms with Crippen LogP contribution in [0.5, 0.6) is 0 Å². The lowest BCUT2D eigenvalue weighted by molar-refractivity contribution is 0.395. The summed E-state index contributed by atoms with van der Waals surface area (Å²) in [5.41, 5.74) is 12.5. The number of thiazole rings is 1. The molecule has 0 fully saturated rings. The van der Waals surface area contributed by atoms with Crippen molar-refractivity contribution in [3.8, 4) is 0 Å². The third-order valence-electron chi connectivity index (χ3n) is 4.55. The van der Waals surface area contributed by atoms with E-state index in [0.29, 0.717) is 16.9 Å². The number of fused-ring (bicyclic) bond motifs is 1. The Morgan fingerprint density at radius 2 is 2.26 bits per heavy atom. The summed E-state index contributed by atoms with van der Waals surface area (Å²) in [6.07, 6.45) is 2.97. The van der Waals surface area contributed by atoms with Gasteiger partial charge in [0.2, 0.25) is 5.13 Å². The van der Waals surface area contributed by atoms with Crippen LogP contribution in [0.1, 0.15) is 44.2 Å². The number of benzene rings is 1. The molecule has 1 atom stereocenters. The van der Waals surface area contributed by atoms with Crippen LogP contribution in [-0.2, 0) is 0 Å². The molecule has 6 heteroatoms. The highest BCUT2D eigenvalue weighted by Gasteiger charge is 2.33. The monoisotopic (exact) mass is 329 g/mol. The van der Waals surface area contributed by atoms with Gasteiger partial charge >= 0.3 is 0 Å². The van der Waals surface area contributed by atoms with Crippen LogP contribution >= 0.6 is 11.3 Å². The van der Waals surface area contributed by atoms with E-state index in [9.17, 15) is 0 Å². The maximum absolute atomic E-state index is 5.59. The standard InChI is InChI=1S/C17H23N5S/c1-11-8-17(2,3)22(4)14-6-5-12(7-13(11)14)9-19-21-16-20-15(18)10-23-16/h5-7,9-11H,8,18H2,1-4H3,(H,20,21). The molecule has 1 aromatic carbocycles. The van der Waals surface area contributed by atoms with Crippen molar-refractivity contribution in [3.05, 3.63) is 34.7 Å². The molecule has 122 valence electrons. The van der Waals surface area contributed by atoms with E-state index in [1.165, 1.54) is 22.6 Å². The van der Waals surface area contributed by atoms with Crippen molar-refractivity contribution in [1.82, 2.24) is 4.98 Å². The van der Waals surface area contributed by atoms with Gasteiger partial charge in [0.15, 0.2) is 0 Å². The number of hydrogen-bond donors (Lipinski definition) is 2. The van der Waals surface area contributed by atoms with E-state index in [4.69, 9.17) is 5.73 Å². The fraction of sp³-hybridized carbons (Fsp3) is 0.412. The normalized spacial score (nSPS) is 19.8. The molecule has 0 bridgehead atoms. The van der Waals surface area contributed by atoms with E-state index in [-0.39, 0.29) is 5.54 Å². The fourth-order valence-corrected chi connectivity index (χ4v) is 3.72. The molecular weight excluding hydrogens is 306 g/mol. The minimum atomic E-state index is 0.189. The molecule has 0 saturated heterocycles. The smallest absolute Gasteiger partial charge is 0.205 e. The van der Waals surface area contributed by atoms with Gasteiger partial charge in [0.1, 0.15) is 5.82 Å². The van der Waals surface area contributed by atoms with Crippen molar-refractivity contribution in [2.75, 3.05) is 23.1 Å². The molecule has 1 aliphatic rings. The molecule has 5 nitrogen and oxygen atoms in total. The summed E-state index contributed by atoms with van der Waals surface area (Å²) < 4.78 is 0. The van der Waals surface area contributed by atoms with E-state index >= 15 is 0 Å². The molecular formula is C17H23N5S. The summed E-state index contributed by atoms with van der Waals surface area (Å²) in [5, 5.41) is 6.74. The minimum Gasteiger partial charge on any atom is -0.383 e. The fourth-order valence-electron chi connectivity index (χ4n) is 3.18. The highest BCUT2D eigenvalue weighted by molar-refractivity contribution is 7.14. The lowest BCUT2D eigenvalue weighted by Gasteiger charge is -2.45. The Kier molecular flexibility index (Phi) is 4.02. The molecule has 0 saturated carbocycles. The predicted octanol–water partition coefficient (Wildman–Crippen LogP) is 3.89. The van der Waals surface area contributed by atoms with Crippen molar-refractivity contribution in [2.24, 2.45) is 5.10 Å². The number of nitrogen functional groups attached to an aromatic ring is 1. The van der Waals surface area contributed by atoms with Gasteiger partial charge in [-0.1, -0.05) is 13.0 Å². The van der Waals surface area contributed by atoms with Crippen molar-refractivity contribution >= 4 is 34.2 Å². The van der Waals surface area contributed by atoms with Crippen molar-refractivity contribution in [3.63, 3.8) is 0 Å². The summed E-state index contributed by atoms with van der Waals surface area (Å²) in [6.45, 7) is 6.89. The Labute approximate surface area is 141 Å². The Morgan fingerprint density at radius 3 is 2.96 bits per heavy atom. The predicted molar refractivity (Wildman–Crippen MR) is 99.7 cm³/mol. The molecule has 0 aliphatic carbocycles. The lowest BCUT2D eigenvalue weighted by atomic mass is 9.80. The van der Waals surface area contributed by atoms with E-state index in [1.54, 1.807) is 5.38 Å². The highest BCUT2D eigenvalue weighted by atomic mass is 32.1. The summed E-state index contributed by atoms with van der Waals surface area (Å²) in [6, 6.07) is 6.52. The first-order valence-electron chi connectivity index (χ1n) is 7.75. The second kappa shape index (κ2) is 5.85. The van der Waals surface area contributed by atoms with Gasteiger partial charge in [-0.3, -0.25) is 5.43 Å². The summed E-state index contributed by atoms with van der Waals surface area (Å²) in [5.74, 6) is 1.05. The van der Waals surface area contributed by atoms with Crippen LogP contribution < -0.4 is 16.1 Å². The first-order chi connectivity index (χ1) is 10.9. The van der Waals surface area contributed by atoms with Gasteiger partial charge in [-0.2, -0.15) is 5.10 Å². The van der Waals surface area contributed by atoms with Gasteiger partial charge in [0.05, 0.1) is 6.21 Å². The number of rotatable bonds is 3. The van der Waals surface area contributed by atoms with Gasteiger partial charge in [-0.25, -0.2) is 4.98 Å². The minimum absolute atomic E-state index is 0.189. The molecule has 1 aliphatic heterocycles. The molecule has 0 amide bonds. The number of nitrogens with one attached hydrogen (secondary N) is 1. The third kappa shape index (κ3) is 3.17. The average Bonchev–Trinajstić information content (AvgIpc) is 2.90. The summed E-state index contributed by atoms with van der Waals surface area (Å²) >= 11 is 1.44. The van der Waals surface area contributed by atoms with Gasteiger partial charge in [0, 0.05) is 23.7 Å². The number of anilines is 3. The van der Waals surface area contributed by atoms with Gasteiger partial charge in [-0.15, -0.1) is 11.3 Å². The van der Waals surface area contributed by atoms with E-state index in [2.05, 4.69) is 66.4 Å². The van der Waals surface area contributed by atoms with Gasteiger partial charge in [-0.05, 0) is 49.4 Å². The summed E-state index contributed by atoms with van der Waals surface area (Å²) in [4.78, 5) is 6.49. The van der Waals surface area contributed by atoms with Crippen LogP contribution in [0.25, 0.3) is 0 Å². The van der Waals surface area contributed by atoms with Crippen LogP contribution in [0.2, 0.25) is 0 Å². The summed E-state index contributed by atoms with van der Waals surface area (Å²) in [7, 11) is 2.17. The molecule has 0 radical (unpaired) electrons. The molecule has 0 spiro atoms. The van der Waals surface area contributed by atoms with E-state index in [0.717, 1.165) is 12.0 Å². The number of hydrazone groups is 1. The van der Waals surface area contributed by atoms with E-state index in [1.807, 2.05) is 6.21 Å². The zero-order valence-electron chi connectivity index (χ0n) is 14.0. The first-order valence-corrected chi connectivity index (χ1v) is 8.62. The maximum atomic E-state index is 5.59. The SMILES string of the molecule is CC1CC(C)(C)N(C)c2ccc(C=NNc3nc(N)cs3)cc21. The molecule has 1 unspecified atom stereocenters. The van der Waals surface area contributed by atoms with Crippen molar-refractivity contribution in [1.29, 1.82) is 0 Å². The number of aromatic nitrogens is 1. The highest BCUT2D eigenvalue weighted by Crippen LogP contribution is 2.42. The topological polar surface area (TPSA) is 66.5 Å². The van der Waals surface area contributed by atoms with Gasteiger partial charge in [0.25, 0.3) is 0 Å². The second-order valence-corrected chi connectivity index (χ2v) is 7.60. The second-order valence-electron chi connectivity index (χ2n) is 6.74. The van der Waals surface area contributed by atoms with Crippen LogP contribution in [0.4, 0.5) is 16.6 Å². The largest absolute Gasteiger partial charge is 0.383 e. The van der Waals surface area contributed by atoms with Crippen LogP contribution in [0, 0.1) is 0 Å². The lowest BCUT2D eigenvalue weighted by Crippen LogP contribution is -2.45. The van der Waals surface area contributed by atoms with Gasteiger partial charge < -0.3 is 10.6 Å². The Morgan fingerprint density at radius 1 is 1.48 bits per heavy atom. The van der Waals surface area contributed by atoms with E-state index < -0.39 is 0 Å². The average molecular weight is 329 g/mol. The molecule has 2 aromatic rings. The zero-order chi connectivity index (χ0) is 16.6. The number of nitrogens with zero attached hydrogens (tertiary/aromatic N) is 3. The third-order valence-corrected chi connectivity index (χ3v) is 5.32. The molecule has 2 heterocycles. The molecule has 3 N–H and O–H groups in total. The zero-order valence-corrected chi connectivity index (χ0v) is 14.8. The maximum Gasteiger partial charge on any atom is 0.205 e. The Balaban J connectivity index is 1.79. The molecule has 1 aromatic heterocycles. The first kappa shape index (κ1) is 15.8. The Bertz CT molecular complexity index is 734. The quantitative estimate of drug-likeness (QED) is 0.662.